The zero-order valence-electron chi connectivity index (χ0n) is 10.3. The van der Waals surface area contributed by atoms with Gasteiger partial charge in [0.15, 0.2) is 0 Å². The number of hydrogen-bond donors (Lipinski definition) is 1. The van der Waals surface area contributed by atoms with Gasteiger partial charge in [-0.05, 0) is 6.07 Å². The Kier molecular flexibility index (Phi) is 3.30. The lowest BCUT2D eigenvalue weighted by atomic mass is 10.1. The average molecular weight is 275 g/mol. The van der Waals surface area contributed by atoms with Crippen molar-refractivity contribution in [1.29, 1.82) is 0 Å². The number of hydrogen-bond acceptors (Lipinski definition) is 5. The Morgan fingerprint density at radius 2 is 1.60 bits per heavy atom. The van der Waals surface area contributed by atoms with Crippen molar-refractivity contribution in [2.45, 2.75) is 6.92 Å². The SMILES string of the molecule is CC(=O)Nc1c([N+](=O)[O-])cc([N+](=O)[O-])c2ccccc12. The molecule has 0 fully saturated rings. The first-order valence-electron chi connectivity index (χ1n) is 5.54. The van der Waals surface area contributed by atoms with Gasteiger partial charge in [-0.15, -0.1) is 0 Å². The highest BCUT2D eigenvalue weighted by molar-refractivity contribution is 6.08. The van der Waals surface area contributed by atoms with Gasteiger partial charge >= 0.3 is 0 Å². The van der Waals surface area contributed by atoms with Crippen LogP contribution in [0.4, 0.5) is 17.1 Å². The van der Waals surface area contributed by atoms with E-state index in [4.69, 9.17) is 0 Å². The zero-order chi connectivity index (χ0) is 14.9. The lowest BCUT2D eigenvalue weighted by molar-refractivity contribution is -0.392. The van der Waals surface area contributed by atoms with Gasteiger partial charge < -0.3 is 5.32 Å². The first-order chi connectivity index (χ1) is 9.41. The summed E-state index contributed by atoms with van der Waals surface area (Å²) >= 11 is 0. The molecule has 20 heavy (non-hydrogen) atoms. The van der Waals surface area contributed by atoms with Gasteiger partial charge in [-0.3, -0.25) is 25.0 Å². The number of amides is 1. The second-order valence-electron chi connectivity index (χ2n) is 4.03. The molecular weight excluding hydrogens is 266 g/mol. The number of benzene rings is 2. The summed E-state index contributed by atoms with van der Waals surface area (Å²) in [5, 5.41) is 24.9. The summed E-state index contributed by atoms with van der Waals surface area (Å²) in [6.07, 6.45) is 0. The van der Waals surface area contributed by atoms with E-state index in [-0.39, 0.29) is 22.1 Å². The van der Waals surface area contributed by atoms with Crippen molar-refractivity contribution < 1.29 is 14.6 Å². The summed E-state index contributed by atoms with van der Waals surface area (Å²) in [4.78, 5) is 31.8. The standard InChI is InChI=1S/C12H9N3O5/c1-7(16)13-12-9-5-3-2-4-8(9)10(14(17)18)6-11(12)15(19)20/h2-6H,1H3,(H,13,16). The first-order valence-corrected chi connectivity index (χ1v) is 5.54. The number of carbonyl (C=O) groups is 1. The zero-order valence-corrected chi connectivity index (χ0v) is 10.3. The van der Waals surface area contributed by atoms with E-state index in [0.29, 0.717) is 0 Å². The van der Waals surface area contributed by atoms with E-state index in [1.165, 1.54) is 19.1 Å². The van der Waals surface area contributed by atoms with Crippen molar-refractivity contribution in [1.82, 2.24) is 0 Å². The fourth-order valence-corrected chi connectivity index (χ4v) is 1.94. The molecular formula is C12H9N3O5. The number of anilines is 1. The number of rotatable bonds is 3. The van der Waals surface area contributed by atoms with Crippen molar-refractivity contribution in [2.24, 2.45) is 0 Å². The number of nitrogens with zero attached hydrogens (tertiary/aromatic N) is 2. The molecule has 2 aromatic rings. The van der Waals surface area contributed by atoms with Gasteiger partial charge in [0, 0.05) is 12.3 Å². The van der Waals surface area contributed by atoms with Crippen LogP contribution in [-0.2, 0) is 4.79 Å². The highest BCUT2D eigenvalue weighted by Crippen LogP contribution is 2.39. The predicted octanol–water partition coefficient (Wildman–Crippen LogP) is 2.61. The van der Waals surface area contributed by atoms with Crippen LogP contribution in [-0.4, -0.2) is 15.8 Å². The van der Waals surface area contributed by atoms with Gasteiger partial charge in [-0.25, -0.2) is 0 Å². The molecule has 2 aromatic carbocycles. The van der Waals surface area contributed by atoms with Gasteiger partial charge in [0.2, 0.25) is 5.91 Å². The van der Waals surface area contributed by atoms with Crippen molar-refractivity contribution in [2.75, 3.05) is 5.32 Å². The van der Waals surface area contributed by atoms with Crippen LogP contribution >= 0.6 is 0 Å². The third-order valence-corrected chi connectivity index (χ3v) is 2.70. The van der Waals surface area contributed by atoms with Crippen LogP contribution in [0.5, 0.6) is 0 Å². The molecule has 0 bridgehead atoms. The van der Waals surface area contributed by atoms with Crippen molar-refractivity contribution in [3.05, 3.63) is 50.6 Å². The predicted molar refractivity (Wildman–Crippen MR) is 71.6 cm³/mol. The molecule has 8 nitrogen and oxygen atoms in total. The molecule has 1 amide bonds. The van der Waals surface area contributed by atoms with Gasteiger partial charge in [0.25, 0.3) is 11.4 Å². The van der Waals surface area contributed by atoms with Crippen molar-refractivity contribution in [3.8, 4) is 0 Å². The molecule has 8 heteroatoms. The van der Waals surface area contributed by atoms with Crippen LogP contribution in [0.15, 0.2) is 30.3 Å². The number of carbonyl (C=O) groups excluding carboxylic acids is 1. The minimum Gasteiger partial charge on any atom is -0.320 e. The van der Waals surface area contributed by atoms with E-state index >= 15 is 0 Å². The molecule has 0 radical (unpaired) electrons. The maximum atomic E-state index is 11.2. The summed E-state index contributed by atoms with van der Waals surface area (Å²) in [5.74, 6) is -0.493. The van der Waals surface area contributed by atoms with Crippen LogP contribution in [0, 0.1) is 20.2 Å². The maximum Gasteiger partial charge on any atom is 0.300 e. The molecule has 2 rings (SSSR count). The molecule has 0 spiro atoms. The summed E-state index contributed by atoms with van der Waals surface area (Å²) < 4.78 is 0. The number of nitro groups is 2. The molecule has 0 aliphatic heterocycles. The maximum absolute atomic E-state index is 11.2. The van der Waals surface area contributed by atoms with Gasteiger partial charge in [0.1, 0.15) is 5.69 Å². The van der Waals surface area contributed by atoms with E-state index < -0.39 is 21.4 Å². The fraction of sp³-hybridized carbons (Fsp3) is 0.0833. The average Bonchev–Trinajstić information content (AvgIpc) is 2.37. The second-order valence-corrected chi connectivity index (χ2v) is 4.03. The Morgan fingerprint density at radius 3 is 2.10 bits per heavy atom. The third-order valence-electron chi connectivity index (χ3n) is 2.70. The Hall–Kier alpha value is -3.03. The number of nitrogens with one attached hydrogen (secondary N) is 1. The molecule has 0 saturated heterocycles. The van der Waals surface area contributed by atoms with Crippen molar-refractivity contribution >= 4 is 33.7 Å². The van der Waals surface area contributed by atoms with Crippen LogP contribution < -0.4 is 5.32 Å². The molecule has 0 saturated carbocycles. The largest absolute Gasteiger partial charge is 0.320 e. The molecule has 1 N–H and O–H groups in total. The Labute approximate surface area is 112 Å². The quantitative estimate of drug-likeness (QED) is 0.682. The lowest BCUT2D eigenvalue weighted by Gasteiger charge is -2.08. The highest BCUT2D eigenvalue weighted by atomic mass is 16.6. The van der Waals surface area contributed by atoms with E-state index in [0.717, 1.165) is 6.07 Å². The molecule has 0 unspecified atom stereocenters. The Morgan fingerprint density at radius 1 is 1.05 bits per heavy atom. The molecule has 102 valence electrons. The normalized spacial score (nSPS) is 10.2. The molecule has 0 aliphatic rings. The summed E-state index contributed by atoms with van der Waals surface area (Å²) in [5.41, 5.74) is -0.921. The highest BCUT2D eigenvalue weighted by Gasteiger charge is 2.25. The second kappa shape index (κ2) is 4.92. The minimum atomic E-state index is -0.759. The number of fused-ring (bicyclic) bond motifs is 1. The van der Waals surface area contributed by atoms with Crippen molar-refractivity contribution in [3.63, 3.8) is 0 Å². The van der Waals surface area contributed by atoms with Gasteiger partial charge in [0.05, 0.1) is 21.3 Å². The van der Waals surface area contributed by atoms with E-state index in [1.807, 2.05) is 0 Å². The van der Waals surface area contributed by atoms with Crippen LogP contribution in [0.2, 0.25) is 0 Å². The fourth-order valence-electron chi connectivity index (χ4n) is 1.94. The van der Waals surface area contributed by atoms with E-state index in [9.17, 15) is 25.0 Å². The van der Waals surface area contributed by atoms with Gasteiger partial charge in [-0.2, -0.15) is 0 Å². The van der Waals surface area contributed by atoms with Gasteiger partial charge in [-0.1, -0.05) is 18.2 Å². The monoisotopic (exact) mass is 275 g/mol. The summed E-state index contributed by atoms with van der Waals surface area (Å²) in [7, 11) is 0. The smallest absolute Gasteiger partial charge is 0.300 e. The molecule has 0 heterocycles. The van der Waals surface area contributed by atoms with Crippen LogP contribution in [0.25, 0.3) is 10.8 Å². The minimum absolute atomic E-state index is 0.0382. The lowest BCUT2D eigenvalue weighted by Crippen LogP contribution is -2.09. The van der Waals surface area contributed by atoms with Crippen LogP contribution in [0.3, 0.4) is 0 Å². The number of nitro benzene ring substituents is 2. The topological polar surface area (TPSA) is 115 Å². The molecule has 0 aromatic heterocycles. The Balaban J connectivity index is 2.90. The van der Waals surface area contributed by atoms with E-state index in [2.05, 4.69) is 5.32 Å². The van der Waals surface area contributed by atoms with E-state index in [1.54, 1.807) is 12.1 Å². The number of non-ortho nitro benzene ring substituents is 1. The Bertz CT molecular complexity index is 741. The molecule has 0 aliphatic carbocycles. The van der Waals surface area contributed by atoms with Crippen LogP contribution in [0.1, 0.15) is 6.92 Å². The third kappa shape index (κ3) is 2.26. The molecule has 0 atom stereocenters. The first kappa shape index (κ1) is 13.4. The summed E-state index contributed by atoms with van der Waals surface area (Å²) in [6.45, 7) is 1.21. The summed E-state index contributed by atoms with van der Waals surface area (Å²) in [6, 6.07) is 6.98.